The summed E-state index contributed by atoms with van der Waals surface area (Å²) in [6, 6.07) is 1.26. The zero-order valence-electron chi connectivity index (χ0n) is 16.7. The first-order valence-corrected chi connectivity index (χ1v) is 11.8. The Morgan fingerprint density at radius 1 is 1.43 bits per heavy atom. The molecule has 3 N–H and O–H groups in total. The minimum Gasteiger partial charge on any atom is -0.477 e. The van der Waals surface area contributed by atoms with Gasteiger partial charge in [0, 0.05) is 31.5 Å². The van der Waals surface area contributed by atoms with Gasteiger partial charge in [-0.15, -0.1) is 4.36 Å². The van der Waals surface area contributed by atoms with Gasteiger partial charge < -0.3 is 10.1 Å². The summed E-state index contributed by atoms with van der Waals surface area (Å²) >= 11 is 0. The number of aryl methyl sites for hydroxylation is 2. The highest BCUT2D eigenvalue weighted by Gasteiger charge is 2.32. The Hall–Kier alpha value is -2.46. The highest BCUT2D eigenvalue weighted by Crippen LogP contribution is 2.44. The fourth-order valence-electron chi connectivity index (χ4n) is 4.78. The van der Waals surface area contributed by atoms with Gasteiger partial charge >= 0.3 is 6.03 Å². The number of nitrogens with one attached hydrogen (secondary N) is 1. The zero-order chi connectivity index (χ0) is 21.0. The number of carbonyl (C=O) groups excluding carboxylic acids is 1. The van der Waals surface area contributed by atoms with Gasteiger partial charge in [0.1, 0.15) is 11.1 Å². The van der Waals surface area contributed by atoms with Crippen molar-refractivity contribution in [3.8, 4) is 5.88 Å². The second kappa shape index (κ2) is 7.05. The van der Waals surface area contributed by atoms with Crippen molar-refractivity contribution in [2.75, 3.05) is 11.9 Å². The number of ether oxygens (including phenoxy) is 1. The van der Waals surface area contributed by atoms with Crippen LogP contribution in [0, 0.1) is 0 Å². The number of hydrogen-bond acceptors (Lipinski definition) is 4. The number of nitrogens with zero attached hydrogens (tertiary/aromatic N) is 3. The summed E-state index contributed by atoms with van der Waals surface area (Å²) in [4.78, 5) is 12.9. The lowest BCUT2D eigenvalue weighted by molar-refractivity contribution is 0.224. The van der Waals surface area contributed by atoms with Crippen LogP contribution in [0.1, 0.15) is 47.9 Å². The van der Waals surface area contributed by atoms with Crippen molar-refractivity contribution < 1.29 is 18.1 Å². The molecule has 3 atom stereocenters. The summed E-state index contributed by atoms with van der Waals surface area (Å²) in [6.07, 6.45) is 3.65. The smallest absolute Gasteiger partial charge is 0.354 e. The Morgan fingerprint density at radius 2 is 2.27 bits per heavy atom. The molecule has 0 saturated heterocycles. The number of amides is 2. The van der Waals surface area contributed by atoms with Crippen LogP contribution in [0.3, 0.4) is 0 Å². The fraction of sp³-hybridized carbons (Fsp3) is 0.500. The molecule has 0 fully saturated rings. The van der Waals surface area contributed by atoms with Gasteiger partial charge in [0.2, 0.25) is 5.88 Å². The van der Waals surface area contributed by atoms with E-state index in [0.717, 1.165) is 41.5 Å². The van der Waals surface area contributed by atoms with Gasteiger partial charge in [0.25, 0.3) is 0 Å². The first kappa shape index (κ1) is 19.5. The number of aromatic nitrogens is 2. The van der Waals surface area contributed by atoms with Gasteiger partial charge in [-0.2, -0.15) is 5.10 Å². The van der Waals surface area contributed by atoms with Crippen molar-refractivity contribution in [2.24, 2.45) is 9.50 Å². The second-order valence-electron chi connectivity index (χ2n) is 8.24. The average Bonchev–Trinajstić information content (AvgIpc) is 3.37. The van der Waals surface area contributed by atoms with Gasteiger partial charge in [0.05, 0.1) is 12.8 Å². The van der Waals surface area contributed by atoms with E-state index in [1.54, 1.807) is 4.68 Å². The van der Waals surface area contributed by atoms with E-state index in [2.05, 4.69) is 27.8 Å². The third-order valence-electron chi connectivity index (χ3n) is 6.14. The number of urea groups is 1. The number of alkyl halides is 1. The van der Waals surface area contributed by atoms with Crippen LogP contribution in [0.25, 0.3) is 0 Å². The normalized spacial score (nSPS) is 23.7. The van der Waals surface area contributed by atoms with Crippen LogP contribution < -0.4 is 15.2 Å². The van der Waals surface area contributed by atoms with Crippen molar-refractivity contribution in [3.05, 3.63) is 34.5 Å². The molecule has 2 amide bonds. The van der Waals surface area contributed by atoms with Crippen LogP contribution >= 0.6 is 0 Å². The summed E-state index contributed by atoms with van der Waals surface area (Å²) in [5.74, 6) is 0.540. The second-order valence-corrected chi connectivity index (χ2v) is 10.00. The maximum Gasteiger partial charge on any atom is 0.354 e. The van der Waals surface area contributed by atoms with Crippen LogP contribution in [0.5, 0.6) is 5.88 Å². The molecule has 8 nitrogen and oxygen atoms in total. The molecule has 5 rings (SSSR count). The van der Waals surface area contributed by atoms with Crippen LogP contribution in [0.15, 0.2) is 21.5 Å². The van der Waals surface area contributed by atoms with E-state index in [-0.39, 0.29) is 17.2 Å². The number of halogens is 1. The van der Waals surface area contributed by atoms with Crippen LogP contribution in [0.4, 0.5) is 14.9 Å². The van der Waals surface area contributed by atoms with E-state index < -0.39 is 22.1 Å². The van der Waals surface area contributed by atoms with E-state index >= 15 is 0 Å². The molecule has 1 aliphatic heterocycles. The molecule has 0 radical (unpaired) electrons. The maximum atomic E-state index is 14.1. The standard InChI is InChI=1S/C20H24FN5O3S/c1-11-3-4-12-7-13-8-14(21)9-15(13)18(17(11)12)24-20(27)25-30(22,28)16-10-23-26-5-2-6-29-19(16)26/h7,10-11,14H,2-6,8-9H2,1H3,(H3,22,24,25,27,28). The number of rotatable bonds is 2. The first-order valence-electron chi connectivity index (χ1n) is 10.2. The summed E-state index contributed by atoms with van der Waals surface area (Å²) < 4.78 is 38.1. The molecule has 0 spiro atoms. The maximum absolute atomic E-state index is 14.1. The topological polar surface area (TPSA) is 112 Å². The summed E-state index contributed by atoms with van der Waals surface area (Å²) in [7, 11) is -3.55. The Bertz CT molecular complexity index is 1170. The van der Waals surface area contributed by atoms with Crippen LogP contribution in [0.2, 0.25) is 0 Å². The van der Waals surface area contributed by atoms with E-state index in [4.69, 9.17) is 9.88 Å². The first-order chi connectivity index (χ1) is 14.3. The Morgan fingerprint density at radius 3 is 3.10 bits per heavy atom. The molecule has 0 saturated carbocycles. The Kier molecular flexibility index (Phi) is 4.59. The Balaban J connectivity index is 1.51. The lowest BCUT2D eigenvalue weighted by atomic mass is 9.95. The lowest BCUT2D eigenvalue weighted by Crippen LogP contribution is -2.21. The molecule has 1 aromatic heterocycles. The SMILES string of the molecule is CC1CCc2cc3c(c(NC(=O)N=S(N)(=O)c4cnn5c4OCCC5)c21)CC(F)C3. The molecule has 3 aliphatic rings. The molecule has 30 heavy (non-hydrogen) atoms. The number of anilines is 1. The zero-order valence-corrected chi connectivity index (χ0v) is 17.5. The Labute approximate surface area is 174 Å². The van der Waals surface area contributed by atoms with Gasteiger partial charge in [-0.3, -0.25) is 0 Å². The molecular weight excluding hydrogens is 409 g/mol. The number of carbonyl (C=O) groups is 1. The number of benzene rings is 1. The van der Waals surface area contributed by atoms with Crippen molar-refractivity contribution in [3.63, 3.8) is 0 Å². The van der Waals surface area contributed by atoms with E-state index in [9.17, 15) is 13.4 Å². The molecule has 10 heteroatoms. The number of nitrogens with two attached hydrogens (primary N) is 1. The van der Waals surface area contributed by atoms with E-state index in [1.165, 1.54) is 6.20 Å². The minimum absolute atomic E-state index is 0.109. The van der Waals surface area contributed by atoms with Gasteiger partial charge in [-0.25, -0.2) is 23.2 Å². The van der Waals surface area contributed by atoms with Crippen LogP contribution in [-0.2, 0) is 35.7 Å². The lowest BCUT2D eigenvalue weighted by Gasteiger charge is -2.18. The molecule has 1 aromatic carbocycles. The molecule has 2 aromatic rings. The predicted molar refractivity (Wildman–Crippen MR) is 110 cm³/mol. The summed E-state index contributed by atoms with van der Waals surface area (Å²) in [6.45, 7) is 3.18. The quantitative estimate of drug-likeness (QED) is 0.758. The van der Waals surface area contributed by atoms with Crippen LogP contribution in [-0.4, -0.2) is 32.8 Å². The summed E-state index contributed by atoms with van der Waals surface area (Å²) in [5.41, 5.74) is 4.52. The van der Waals surface area contributed by atoms with E-state index in [0.29, 0.717) is 31.1 Å². The third kappa shape index (κ3) is 3.18. The fourth-order valence-corrected chi connectivity index (χ4v) is 5.79. The number of hydrogen-bond donors (Lipinski definition) is 2. The third-order valence-corrected chi connectivity index (χ3v) is 7.49. The predicted octanol–water partition coefficient (Wildman–Crippen LogP) is 3.08. The molecule has 2 aliphatic carbocycles. The molecule has 0 bridgehead atoms. The monoisotopic (exact) mass is 433 g/mol. The molecule has 2 heterocycles. The minimum atomic E-state index is -3.55. The van der Waals surface area contributed by atoms with E-state index in [1.807, 2.05) is 0 Å². The molecule has 160 valence electrons. The van der Waals surface area contributed by atoms with Crippen molar-refractivity contribution in [1.29, 1.82) is 0 Å². The summed E-state index contributed by atoms with van der Waals surface area (Å²) in [5, 5.41) is 12.9. The average molecular weight is 434 g/mol. The van der Waals surface area contributed by atoms with Crippen molar-refractivity contribution >= 4 is 21.6 Å². The van der Waals surface area contributed by atoms with Gasteiger partial charge in [0.15, 0.2) is 9.92 Å². The van der Waals surface area contributed by atoms with Gasteiger partial charge in [-0.05, 0) is 41.0 Å². The molecular formula is C20H24FN5O3S. The number of fused-ring (bicyclic) bond motifs is 3. The van der Waals surface area contributed by atoms with Crippen molar-refractivity contribution in [1.82, 2.24) is 9.78 Å². The van der Waals surface area contributed by atoms with Crippen molar-refractivity contribution in [2.45, 2.75) is 62.6 Å². The largest absolute Gasteiger partial charge is 0.477 e. The molecule has 3 unspecified atom stereocenters. The highest BCUT2D eigenvalue weighted by molar-refractivity contribution is 7.91. The van der Waals surface area contributed by atoms with Gasteiger partial charge in [-0.1, -0.05) is 13.0 Å². The highest BCUT2D eigenvalue weighted by atomic mass is 32.2.